The number of aryl methyl sites for hydroxylation is 2. The third kappa shape index (κ3) is 5.46. The highest BCUT2D eigenvalue weighted by molar-refractivity contribution is 6.39. The van der Waals surface area contributed by atoms with E-state index in [1.165, 1.54) is 0 Å². The molecule has 0 saturated heterocycles. The number of hydrogen-bond acceptors (Lipinski definition) is 3. The Kier molecular flexibility index (Phi) is 5.89. The van der Waals surface area contributed by atoms with Gasteiger partial charge in [-0.1, -0.05) is 35.9 Å². The zero-order chi connectivity index (χ0) is 18.4. The molecule has 6 nitrogen and oxygen atoms in total. The molecule has 2 aromatic rings. The molecule has 3 amide bonds. The smallest absolute Gasteiger partial charge is 0.313 e. The highest BCUT2D eigenvalue weighted by atomic mass is 16.2. The van der Waals surface area contributed by atoms with Crippen LogP contribution in [0.25, 0.3) is 0 Å². The van der Waals surface area contributed by atoms with E-state index in [2.05, 4.69) is 10.6 Å². The lowest BCUT2D eigenvalue weighted by atomic mass is 10.1. The number of primary amides is 1. The van der Waals surface area contributed by atoms with Crippen LogP contribution >= 0.6 is 0 Å². The molecular formula is C19H21N3O3. The van der Waals surface area contributed by atoms with Crippen molar-refractivity contribution < 1.29 is 14.4 Å². The Labute approximate surface area is 146 Å². The van der Waals surface area contributed by atoms with E-state index in [0.717, 1.165) is 22.3 Å². The summed E-state index contributed by atoms with van der Waals surface area (Å²) in [5.74, 6) is -1.88. The second-order valence-electron chi connectivity index (χ2n) is 5.91. The van der Waals surface area contributed by atoms with Gasteiger partial charge in [0.15, 0.2) is 0 Å². The Morgan fingerprint density at radius 1 is 0.960 bits per heavy atom. The fourth-order valence-electron chi connectivity index (χ4n) is 2.39. The molecule has 0 heterocycles. The quantitative estimate of drug-likeness (QED) is 0.721. The van der Waals surface area contributed by atoms with Gasteiger partial charge in [-0.05, 0) is 42.7 Å². The van der Waals surface area contributed by atoms with Crippen LogP contribution in [0.2, 0.25) is 0 Å². The molecule has 0 aliphatic heterocycles. The van der Waals surface area contributed by atoms with Gasteiger partial charge in [-0.3, -0.25) is 14.4 Å². The van der Waals surface area contributed by atoms with Crippen LogP contribution in [0.4, 0.5) is 5.69 Å². The molecule has 6 heteroatoms. The first-order chi connectivity index (χ1) is 11.8. The number of anilines is 1. The lowest BCUT2D eigenvalue weighted by Crippen LogP contribution is -2.35. The summed E-state index contributed by atoms with van der Waals surface area (Å²) in [6.45, 7) is 4.25. The van der Waals surface area contributed by atoms with Crippen molar-refractivity contribution in [3.8, 4) is 0 Å². The molecule has 0 bridgehead atoms. The molecule has 0 fully saturated rings. The van der Waals surface area contributed by atoms with Crippen molar-refractivity contribution in [2.24, 2.45) is 5.73 Å². The summed E-state index contributed by atoms with van der Waals surface area (Å²) in [7, 11) is 0. The van der Waals surface area contributed by atoms with Gasteiger partial charge in [0.05, 0.1) is 6.42 Å². The number of benzene rings is 2. The van der Waals surface area contributed by atoms with Crippen LogP contribution in [0.3, 0.4) is 0 Å². The number of rotatable bonds is 5. The summed E-state index contributed by atoms with van der Waals surface area (Å²) in [5.41, 5.74) is 9.50. The minimum atomic E-state index is -0.743. The maximum absolute atomic E-state index is 11.9. The van der Waals surface area contributed by atoms with E-state index in [0.29, 0.717) is 5.69 Å². The van der Waals surface area contributed by atoms with Crippen LogP contribution in [0, 0.1) is 13.8 Å². The summed E-state index contributed by atoms with van der Waals surface area (Å²) >= 11 is 0. The largest absolute Gasteiger partial charge is 0.369 e. The molecule has 0 unspecified atom stereocenters. The molecule has 0 aliphatic carbocycles. The van der Waals surface area contributed by atoms with E-state index in [4.69, 9.17) is 5.73 Å². The molecular weight excluding hydrogens is 318 g/mol. The Bertz CT molecular complexity index is 798. The normalized spacial score (nSPS) is 10.2. The minimum absolute atomic E-state index is 0.130. The molecule has 2 aromatic carbocycles. The summed E-state index contributed by atoms with van der Waals surface area (Å²) in [4.78, 5) is 34.7. The molecule has 4 N–H and O–H groups in total. The number of amides is 3. The number of nitrogens with one attached hydrogen (secondary N) is 2. The molecule has 0 saturated carbocycles. The van der Waals surface area contributed by atoms with Crippen molar-refractivity contribution in [2.75, 3.05) is 5.32 Å². The van der Waals surface area contributed by atoms with E-state index in [9.17, 15) is 14.4 Å². The van der Waals surface area contributed by atoms with Gasteiger partial charge in [0.1, 0.15) is 0 Å². The van der Waals surface area contributed by atoms with E-state index >= 15 is 0 Å². The molecule has 0 radical (unpaired) electrons. The highest BCUT2D eigenvalue weighted by Gasteiger charge is 2.14. The third-order valence-electron chi connectivity index (χ3n) is 3.73. The zero-order valence-electron chi connectivity index (χ0n) is 14.3. The van der Waals surface area contributed by atoms with Gasteiger partial charge in [-0.15, -0.1) is 0 Å². The van der Waals surface area contributed by atoms with Gasteiger partial charge in [-0.25, -0.2) is 0 Å². The van der Waals surface area contributed by atoms with E-state index in [-0.39, 0.29) is 13.0 Å². The van der Waals surface area contributed by atoms with E-state index in [1.54, 1.807) is 24.3 Å². The van der Waals surface area contributed by atoms with Gasteiger partial charge in [0.25, 0.3) is 0 Å². The maximum atomic E-state index is 11.9. The standard InChI is InChI=1S/C19H21N3O3/c1-12-3-6-15(13(2)9-12)11-21-18(24)19(25)22-16-7-4-14(5-8-16)10-17(20)23/h3-9H,10-11H2,1-2H3,(H2,20,23)(H,21,24)(H,22,25). The molecule has 130 valence electrons. The van der Waals surface area contributed by atoms with Crippen LogP contribution < -0.4 is 16.4 Å². The fourth-order valence-corrected chi connectivity index (χ4v) is 2.39. The Hall–Kier alpha value is -3.15. The first-order valence-corrected chi connectivity index (χ1v) is 7.87. The number of carbonyl (C=O) groups excluding carboxylic acids is 3. The van der Waals surface area contributed by atoms with E-state index in [1.807, 2.05) is 32.0 Å². The summed E-state index contributed by atoms with van der Waals surface area (Å²) in [6.07, 6.45) is 0.130. The van der Waals surface area contributed by atoms with Gasteiger partial charge in [-0.2, -0.15) is 0 Å². The van der Waals surface area contributed by atoms with Crippen molar-refractivity contribution in [1.29, 1.82) is 0 Å². The van der Waals surface area contributed by atoms with Crippen LogP contribution in [0.5, 0.6) is 0 Å². The molecule has 0 aromatic heterocycles. The summed E-state index contributed by atoms with van der Waals surface area (Å²) in [6, 6.07) is 12.5. The highest BCUT2D eigenvalue weighted by Crippen LogP contribution is 2.11. The lowest BCUT2D eigenvalue weighted by Gasteiger charge is -2.09. The minimum Gasteiger partial charge on any atom is -0.369 e. The molecule has 0 atom stereocenters. The molecule has 0 aliphatic rings. The van der Waals surface area contributed by atoms with Crippen molar-refractivity contribution in [3.63, 3.8) is 0 Å². The molecule has 0 spiro atoms. The third-order valence-corrected chi connectivity index (χ3v) is 3.73. The topological polar surface area (TPSA) is 101 Å². The summed E-state index contributed by atoms with van der Waals surface area (Å²) < 4.78 is 0. The van der Waals surface area contributed by atoms with Crippen molar-refractivity contribution >= 4 is 23.4 Å². The Balaban J connectivity index is 1.89. The lowest BCUT2D eigenvalue weighted by molar-refractivity contribution is -0.136. The Morgan fingerprint density at radius 3 is 2.24 bits per heavy atom. The van der Waals surface area contributed by atoms with E-state index < -0.39 is 17.7 Å². The second-order valence-corrected chi connectivity index (χ2v) is 5.91. The first kappa shape index (κ1) is 18.2. The van der Waals surface area contributed by atoms with Crippen molar-refractivity contribution in [3.05, 3.63) is 64.7 Å². The van der Waals surface area contributed by atoms with Crippen LogP contribution in [0.15, 0.2) is 42.5 Å². The zero-order valence-corrected chi connectivity index (χ0v) is 14.3. The van der Waals surface area contributed by atoms with Gasteiger partial charge in [0.2, 0.25) is 5.91 Å². The summed E-state index contributed by atoms with van der Waals surface area (Å²) in [5, 5.41) is 5.12. The predicted molar refractivity (Wildman–Crippen MR) is 95.7 cm³/mol. The monoisotopic (exact) mass is 339 g/mol. The number of nitrogens with two attached hydrogens (primary N) is 1. The molecule has 25 heavy (non-hydrogen) atoms. The average molecular weight is 339 g/mol. The van der Waals surface area contributed by atoms with Gasteiger partial charge in [0, 0.05) is 12.2 Å². The van der Waals surface area contributed by atoms with Crippen molar-refractivity contribution in [2.45, 2.75) is 26.8 Å². The van der Waals surface area contributed by atoms with Crippen molar-refractivity contribution in [1.82, 2.24) is 5.32 Å². The van der Waals surface area contributed by atoms with Crippen LogP contribution in [0.1, 0.15) is 22.3 Å². The second kappa shape index (κ2) is 8.10. The van der Waals surface area contributed by atoms with Gasteiger partial charge >= 0.3 is 11.8 Å². The predicted octanol–water partition coefficient (Wildman–Crippen LogP) is 1.59. The molecule has 2 rings (SSSR count). The Morgan fingerprint density at radius 2 is 1.64 bits per heavy atom. The van der Waals surface area contributed by atoms with Gasteiger partial charge < -0.3 is 16.4 Å². The fraction of sp³-hybridized carbons (Fsp3) is 0.211. The SMILES string of the molecule is Cc1ccc(CNC(=O)C(=O)Nc2ccc(CC(N)=O)cc2)c(C)c1. The average Bonchev–Trinajstić information content (AvgIpc) is 2.55. The maximum Gasteiger partial charge on any atom is 0.313 e. The van der Waals surface area contributed by atoms with Crippen LogP contribution in [-0.4, -0.2) is 17.7 Å². The number of carbonyl (C=O) groups is 3. The first-order valence-electron chi connectivity index (χ1n) is 7.87. The number of hydrogen-bond donors (Lipinski definition) is 3. The van der Waals surface area contributed by atoms with Crippen LogP contribution in [-0.2, 0) is 27.3 Å².